The van der Waals surface area contributed by atoms with Gasteiger partial charge in [-0.1, -0.05) is 36.4 Å². The molecule has 1 aliphatic heterocycles. The van der Waals surface area contributed by atoms with E-state index in [9.17, 15) is 24.0 Å². The highest BCUT2D eigenvalue weighted by atomic mass is 16.6. The fourth-order valence-corrected chi connectivity index (χ4v) is 7.64. The third-order valence-corrected chi connectivity index (χ3v) is 10.8. The van der Waals surface area contributed by atoms with Crippen molar-refractivity contribution in [2.24, 2.45) is 11.8 Å². The lowest BCUT2D eigenvalue weighted by atomic mass is 9.81. The Bertz CT molecular complexity index is 2140. The highest BCUT2D eigenvalue weighted by molar-refractivity contribution is 5.99. The number of amides is 5. The van der Waals surface area contributed by atoms with Crippen molar-refractivity contribution in [1.29, 1.82) is 0 Å². The van der Waals surface area contributed by atoms with Crippen LogP contribution in [0, 0.1) is 11.8 Å². The van der Waals surface area contributed by atoms with E-state index in [2.05, 4.69) is 31.5 Å². The number of fused-ring (bicyclic) bond motifs is 1. The molecule has 1 unspecified atom stereocenters. The number of nitrogens with zero attached hydrogens (tertiary/aromatic N) is 2. The van der Waals surface area contributed by atoms with E-state index < -0.39 is 23.3 Å². The number of alkyl carbamates (subject to hydrolysis) is 1. The van der Waals surface area contributed by atoms with E-state index in [1.54, 1.807) is 29.3 Å². The van der Waals surface area contributed by atoms with Crippen molar-refractivity contribution in [3.63, 3.8) is 0 Å². The van der Waals surface area contributed by atoms with Gasteiger partial charge in [-0.3, -0.25) is 19.5 Å². The average molecular weight is 822 g/mol. The molecule has 6 rings (SSSR count). The van der Waals surface area contributed by atoms with E-state index in [1.165, 1.54) is 0 Å². The zero-order valence-electron chi connectivity index (χ0n) is 35.6. The lowest BCUT2D eigenvalue weighted by Crippen LogP contribution is -2.48. The predicted molar refractivity (Wildman–Crippen MR) is 230 cm³/mol. The fourth-order valence-electron chi connectivity index (χ4n) is 7.64. The standard InChI is InChI=1S/C46H59N7O7/c1-45(2,3)59-43(57)47-27-29-10-12-32(13-11-29)41(55)51-39(42(56)50-37-19-18-35-28-48-52-38(35)26-37)25-30-8-7-9-34(24-30)31-14-16-33(17-15-31)40(54)49-36-20-22-53(23-21-36)44(58)60-46(4,5)6/h7-9,14-19,24,26,28-29,32,36,39H,10-13,20-23,25,27H2,1-6H3,(H,47,57)(H,48,52)(H,49,54)(H,50,56)(H,51,55). The number of rotatable bonds is 11. The van der Waals surface area contributed by atoms with Crippen molar-refractivity contribution in [3.8, 4) is 11.1 Å². The quantitative estimate of drug-likeness (QED) is 0.104. The highest BCUT2D eigenvalue weighted by Gasteiger charge is 2.31. The van der Waals surface area contributed by atoms with Crippen LogP contribution in [0.15, 0.2) is 72.9 Å². The number of benzene rings is 3. The van der Waals surface area contributed by atoms with Gasteiger partial charge in [-0.25, -0.2) is 9.59 Å². The first-order valence-corrected chi connectivity index (χ1v) is 21.0. The SMILES string of the molecule is CC(C)(C)OC(=O)NCC1CCC(C(=O)NC(Cc2cccc(-c3ccc(C(=O)NC4CCN(C(=O)OC(C)(C)C)CC4)cc3)c2)C(=O)Nc2ccc3cn[nH]c3c2)CC1. The molecule has 1 saturated heterocycles. The van der Waals surface area contributed by atoms with Crippen LogP contribution in [0.3, 0.4) is 0 Å². The number of aromatic nitrogens is 2. The van der Waals surface area contributed by atoms with Gasteiger partial charge in [0.25, 0.3) is 5.91 Å². The zero-order chi connectivity index (χ0) is 43.0. The number of nitrogens with one attached hydrogen (secondary N) is 5. The van der Waals surface area contributed by atoms with Gasteiger partial charge in [0.15, 0.2) is 0 Å². The van der Waals surface area contributed by atoms with E-state index in [4.69, 9.17) is 9.47 Å². The van der Waals surface area contributed by atoms with Gasteiger partial charge in [0, 0.05) is 54.7 Å². The van der Waals surface area contributed by atoms with Gasteiger partial charge >= 0.3 is 12.2 Å². The van der Waals surface area contributed by atoms with Crippen LogP contribution in [0.4, 0.5) is 15.3 Å². The summed E-state index contributed by atoms with van der Waals surface area (Å²) in [4.78, 5) is 67.2. The largest absolute Gasteiger partial charge is 0.444 e. The number of aromatic amines is 1. The number of anilines is 1. The smallest absolute Gasteiger partial charge is 0.410 e. The predicted octanol–water partition coefficient (Wildman–Crippen LogP) is 7.36. The normalized spacial score (nSPS) is 17.9. The second-order valence-corrected chi connectivity index (χ2v) is 18.0. The van der Waals surface area contributed by atoms with Crippen molar-refractivity contribution in [3.05, 3.63) is 84.1 Å². The van der Waals surface area contributed by atoms with E-state index in [0.717, 1.165) is 40.4 Å². The molecule has 1 aromatic heterocycles. The average Bonchev–Trinajstić information content (AvgIpc) is 3.67. The Morgan fingerprint density at radius 3 is 2.20 bits per heavy atom. The van der Waals surface area contributed by atoms with Crippen molar-refractivity contribution in [1.82, 2.24) is 31.0 Å². The molecule has 3 aromatic carbocycles. The maximum Gasteiger partial charge on any atom is 0.410 e. The van der Waals surface area contributed by atoms with Gasteiger partial charge in [0.05, 0.1) is 11.7 Å². The van der Waals surface area contributed by atoms with Crippen LogP contribution in [0.25, 0.3) is 22.0 Å². The first-order valence-electron chi connectivity index (χ1n) is 21.0. The molecule has 5 amide bonds. The first kappa shape index (κ1) is 43.7. The molecule has 0 bridgehead atoms. The van der Waals surface area contributed by atoms with Gasteiger partial charge in [-0.05, 0) is 133 Å². The molecule has 2 fully saturated rings. The monoisotopic (exact) mass is 821 g/mol. The maximum atomic E-state index is 13.9. The number of hydrogen-bond acceptors (Lipinski definition) is 8. The van der Waals surface area contributed by atoms with Crippen LogP contribution in [-0.4, -0.2) is 87.9 Å². The summed E-state index contributed by atoms with van der Waals surface area (Å²) in [6.45, 7) is 12.5. The molecule has 60 heavy (non-hydrogen) atoms. The number of ether oxygens (including phenoxy) is 2. The number of likely N-dealkylation sites (tertiary alicyclic amines) is 1. The topological polar surface area (TPSA) is 184 Å². The van der Waals surface area contributed by atoms with Crippen LogP contribution in [0.2, 0.25) is 0 Å². The van der Waals surface area contributed by atoms with Crippen molar-refractivity contribution in [2.75, 3.05) is 25.0 Å². The second-order valence-electron chi connectivity index (χ2n) is 18.0. The molecule has 0 radical (unpaired) electrons. The van der Waals surface area contributed by atoms with Crippen LogP contribution in [-0.2, 0) is 25.5 Å². The zero-order valence-corrected chi connectivity index (χ0v) is 35.6. The Hall–Kier alpha value is -5.92. The van der Waals surface area contributed by atoms with Gasteiger partial charge < -0.3 is 35.6 Å². The lowest BCUT2D eigenvalue weighted by Gasteiger charge is -2.33. The molecular formula is C46H59N7O7. The number of carbonyl (C=O) groups is 5. The molecule has 1 saturated carbocycles. The number of H-pyrrole nitrogens is 1. The van der Waals surface area contributed by atoms with E-state index in [-0.39, 0.29) is 48.1 Å². The highest BCUT2D eigenvalue weighted by Crippen LogP contribution is 2.29. The molecule has 14 nitrogen and oxygen atoms in total. The van der Waals surface area contributed by atoms with E-state index >= 15 is 0 Å². The third-order valence-electron chi connectivity index (χ3n) is 10.8. The summed E-state index contributed by atoms with van der Waals surface area (Å²) in [5.41, 5.74) is 3.42. The Kier molecular flexibility index (Phi) is 13.8. The minimum atomic E-state index is -0.862. The Morgan fingerprint density at radius 2 is 1.52 bits per heavy atom. The van der Waals surface area contributed by atoms with Crippen LogP contribution in [0.5, 0.6) is 0 Å². The summed E-state index contributed by atoms with van der Waals surface area (Å²) in [6, 6.07) is 19.8. The van der Waals surface area contributed by atoms with E-state index in [1.807, 2.05) is 90.1 Å². The van der Waals surface area contributed by atoms with Crippen LogP contribution in [0.1, 0.15) is 96.0 Å². The molecule has 2 aliphatic rings. The van der Waals surface area contributed by atoms with Crippen molar-refractivity contribution in [2.45, 2.75) is 110 Å². The number of carbonyl (C=O) groups excluding carboxylic acids is 5. The van der Waals surface area contributed by atoms with Gasteiger partial charge in [0.1, 0.15) is 17.2 Å². The summed E-state index contributed by atoms with van der Waals surface area (Å²) in [5, 5.41) is 20.0. The Balaban J connectivity index is 1.07. The molecule has 4 aromatic rings. The number of hydrogen-bond donors (Lipinski definition) is 5. The Labute approximate surface area is 351 Å². The van der Waals surface area contributed by atoms with Gasteiger partial charge in [0.2, 0.25) is 11.8 Å². The van der Waals surface area contributed by atoms with Crippen LogP contribution >= 0.6 is 0 Å². The van der Waals surface area contributed by atoms with Gasteiger partial charge in [-0.15, -0.1) is 0 Å². The summed E-state index contributed by atoms with van der Waals surface area (Å²) in [5.74, 6) is -0.704. The summed E-state index contributed by atoms with van der Waals surface area (Å²) < 4.78 is 10.9. The lowest BCUT2D eigenvalue weighted by molar-refractivity contribution is -0.130. The third kappa shape index (κ3) is 12.5. The molecule has 320 valence electrons. The fraction of sp³-hybridized carbons (Fsp3) is 0.478. The number of piperidine rings is 1. The second kappa shape index (κ2) is 19.0. The maximum absolute atomic E-state index is 13.9. The van der Waals surface area contributed by atoms with E-state index in [0.29, 0.717) is 56.6 Å². The minimum Gasteiger partial charge on any atom is -0.444 e. The molecular weight excluding hydrogens is 763 g/mol. The summed E-state index contributed by atoms with van der Waals surface area (Å²) >= 11 is 0. The van der Waals surface area contributed by atoms with Crippen molar-refractivity contribution >= 4 is 46.5 Å². The molecule has 2 heterocycles. The molecule has 0 spiro atoms. The Morgan fingerprint density at radius 1 is 0.817 bits per heavy atom. The molecule has 1 aliphatic carbocycles. The summed E-state index contributed by atoms with van der Waals surface area (Å²) in [7, 11) is 0. The first-order chi connectivity index (χ1) is 28.5. The summed E-state index contributed by atoms with van der Waals surface area (Å²) in [6.07, 6.45) is 5.30. The molecule has 14 heteroatoms. The minimum absolute atomic E-state index is 0.0466. The van der Waals surface area contributed by atoms with Crippen molar-refractivity contribution < 1.29 is 33.4 Å². The van der Waals surface area contributed by atoms with Crippen LogP contribution < -0.4 is 21.3 Å². The molecule has 1 atom stereocenters. The molecule has 5 N–H and O–H groups in total. The van der Waals surface area contributed by atoms with Gasteiger partial charge in [-0.2, -0.15) is 5.10 Å².